The first-order chi connectivity index (χ1) is 27.8. The summed E-state index contributed by atoms with van der Waals surface area (Å²) < 4.78 is 2.41. The lowest BCUT2D eigenvalue weighted by atomic mass is 9.94. The maximum Gasteiger partial charge on any atom is 0.159 e. The first-order valence-corrected chi connectivity index (χ1v) is 19.0. The van der Waals surface area contributed by atoms with Gasteiger partial charge in [0, 0.05) is 44.4 Å². The largest absolute Gasteiger partial charge is 0.344 e. The van der Waals surface area contributed by atoms with Crippen molar-refractivity contribution >= 4 is 50.5 Å². The van der Waals surface area contributed by atoms with Crippen molar-refractivity contribution in [2.75, 3.05) is 4.90 Å². The number of nitrogens with zero attached hydrogens (tertiary/aromatic N) is 4. The molecule has 0 saturated heterocycles. The van der Waals surface area contributed by atoms with Crippen molar-refractivity contribution in [1.82, 2.24) is 9.88 Å². The summed E-state index contributed by atoms with van der Waals surface area (Å²) in [5.41, 5.74) is 14.8. The third-order valence-corrected chi connectivity index (χ3v) is 11.0. The van der Waals surface area contributed by atoms with E-state index in [2.05, 4.69) is 179 Å². The molecule has 0 bridgehead atoms. The van der Waals surface area contributed by atoms with Crippen LogP contribution in [0.25, 0.3) is 49.7 Å². The molecule has 0 fully saturated rings. The fourth-order valence-electron chi connectivity index (χ4n) is 8.40. The SMILES string of the molecule is c1ccc(C2=NC(c3ccc(-n4c5ccccc5c5cc6c(cc54)N(c4ccccc4)c4ccccc4-c4ccccc4-6)cc3)NC(c3ccccc3)=N2)cc1. The Kier molecular flexibility index (Phi) is 7.49. The van der Waals surface area contributed by atoms with E-state index < -0.39 is 0 Å². The molecule has 2 aliphatic rings. The van der Waals surface area contributed by atoms with Gasteiger partial charge in [0.05, 0.1) is 22.4 Å². The van der Waals surface area contributed by atoms with E-state index in [0.717, 1.165) is 56.3 Å². The Balaban J connectivity index is 1.09. The Bertz CT molecular complexity index is 2980. The van der Waals surface area contributed by atoms with E-state index in [4.69, 9.17) is 9.98 Å². The van der Waals surface area contributed by atoms with Crippen LogP contribution >= 0.6 is 0 Å². The van der Waals surface area contributed by atoms with Gasteiger partial charge in [0.15, 0.2) is 5.84 Å². The fraction of sp³-hybridized carbons (Fsp3) is 0.0196. The number of anilines is 3. The molecule has 11 rings (SSSR count). The second-order valence-corrected chi connectivity index (χ2v) is 14.3. The Morgan fingerprint density at radius 1 is 0.429 bits per heavy atom. The molecule has 3 heterocycles. The number of aromatic nitrogens is 1. The summed E-state index contributed by atoms with van der Waals surface area (Å²) in [7, 11) is 0. The van der Waals surface area contributed by atoms with Crippen LogP contribution < -0.4 is 10.2 Å². The summed E-state index contributed by atoms with van der Waals surface area (Å²) in [6, 6.07) is 71.2. The molecule has 56 heavy (non-hydrogen) atoms. The first kappa shape index (κ1) is 32.0. The van der Waals surface area contributed by atoms with Gasteiger partial charge in [0.1, 0.15) is 12.0 Å². The number of benzene rings is 8. The van der Waals surface area contributed by atoms with Crippen LogP contribution in [0.1, 0.15) is 22.9 Å². The minimum atomic E-state index is -0.305. The highest BCUT2D eigenvalue weighted by molar-refractivity contribution is 6.15. The van der Waals surface area contributed by atoms with Gasteiger partial charge in [-0.25, -0.2) is 9.98 Å². The molecule has 0 saturated carbocycles. The normalized spacial score (nSPS) is 14.6. The van der Waals surface area contributed by atoms with Crippen molar-refractivity contribution in [3.8, 4) is 27.9 Å². The summed E-state index contributed by atoms with van der Waals surface area (Å²) in [4.78, 5) is 12.5. The summed E-state index contributed by atoms with van der Waals surface area (Å²) >= 11 is 0. The molecule has 1 atom stereocenters. The number of rotatable bonds is 5. The molecule has 1 unspecified atom stereocenters. The van der Waals surface area contributed by atoms with Crippen molar-refractivity contribution < 1.29 is 0 Å². The lowest BCUT2D eigenvalue weighted by molar-refractivity contribution is 0.674. The van der Waals surface area contributed by atoms with E-state index in [1.54, 1.807) is 0 Å². The van der Waals surface area contributed by atoms with E-state index in [1.165, 1.54) is 33.0 Å². The topological polar surface area (TPSA) is 44.9 Å². The van der Waals surface area contributed by atoms with Crippen LogP contribution in [0, 0.1) is 0 Å². The maximum absolute atomic E-state index is 5.13. The van der Waals surface area contributed by atoms with Crippen LogP contribution in [0.5, 0.6) is 0 Å². The third kappa shape index (κ3) is 5.24. The monoisotopic (exact) mass is 717 g/mol. The molecule has 5 nitrogen and oxygen atoms in total. The molecular formula is C51H35N5. The second-order valence-electron chi connectivity index (χ2n) is 14.3. The summed E-state index contributed by atoms with van der Waals surface area (Å²) in [5.74, 6) is 1.52. The zero-order valence-corrected chi connectivity index (χ0v) is 30.4. The van der Waals surface area contributed by atoms with Crippen LogP contribution in [0.2, 0.25) is 0 Å². The van der Waals surface area contributed by atoms with Gasteiger partial charge in [-0.3, -0.25) is 0 Å². The van der Waals surface area contributed by atoms with E-state index in [1.807, 2.05) is 36.4 Å². The highest BCUT2D eigenvalue weighted by Crippen LogP contribution is 2.52. The number of amidine groups is 2. The van der Waals surface area contributed by atoms with Crippen LogP contribution in [0.4, 0.5) is 17.1 Å². The minimum Gasteiger partial charge on any atom is -0.344 e. The number of hydrogen-bond donors (Lipinski definition) is 1. The number of aliphatic imine (C=N–C) groups is 2. The average Bonchev–Trinajstić information content (AvgIpc) is 3.54. The summed E-state index contributed by atoms with van der Waals surface area (Å²) in [6.45, 7) is 0. The average molecular weight is 718 g/mol. The van der Waals surface area contributed by atoms with E-state index in [0.29, 0.717) is 5.84 Å². The van der Waals surface area contributed by atoms with Gasteiger partial charge in [-0.15, -0.1) is 0 Å². The van der Waals surface area contributed by atoms with Crippen LogP contribution in [-0.4, -0.2) is 16.2 Å². The van der Waals surface area contributed by atoms with E-state index in [9.17, 15) is 0 Å². The van der Waals surface area contributed by atoms with Crippen LogP contribution in [0.15, 0.2) is 210 Å². The van der Waals surface area contributed by atoms with Crippen LogP contribution in [0.3, 0.4) is 0 Å². The van der Waals surface area contributed by atoms with Crippen molar-refractivity contribution in [3.63, 3.8) is 0 Å². The summed E-state index contributed by atoms with van der Waals surface area (Å²) in [5, 5.41) is 6.06. The zero-order valence-electron chi connectivity index (χ0n) is 30.4. The molecule has 264 valence electrons. The molecule has 0 amide bonds. The molecule has 8 aromatic carbocycles. The van der Waals surface area contributed by atoms with E-state index in [-0.39, 0.29) is 6.17 Å². The van der Waals surface area contributed by atoms with Gasteiger partial charge in [0.25, 0.3) is 0 Å². The predicted molar refractivity (Wildman–Crippen MR) is 232 cm³/mol. The van der Waals surface area contributed by atoms with Crippen molar-refractivity contribution in [2.24, 2.45) is 9.98 Å². The lowest BCUT2D eigenvalue weighted by Crippen LogP contribution is -2.33. The standard InChI is InChI=1S/C51H35N5/c1-4-16-34(17-5-1)49-52-50(35-18-6-2-7-19-35)54-51(53-49)36-28-30-38(31-29-36)56-46-27-15-13-25-42(46)44-32-43-40-23-11-10-22-39(40)41-24-12-14-26-45(41)55(47(43)33-48(44)56)37-20-8-3-9-21-37/h1-33,51H,(H,52,53,54). The van der Waals surface area contributed by atoms with Gasteiger partial charge in [-0.05, 0) is 65.2 Å². The van der Waals surface area contributed by atoms with Crippen molar-refractivity contribution in [2.45, 2.75) is 6.17 Å². The molecule has 1 aromatic heterocycles. The second kappa shape index (κ2) is 13.1. The Morgan fingerprint density at radius 2 is 1.04 bits per heavy atom. The quantitative estimate of drug-likeness (QED) is 0.193. The molecule has 5 heteroatoms. The molecule has 0 radical (unpaired) electrons. The predicted octanol–water partition coefficient (Wildman–Crippen LogP) is 12.4. The summed E-state index contributed by atoms with van der Waals surface area (Å²) in [6.07, 6.45) is -0.305. The highest BCUT2D eigenvalue weighted by Gasteiger charge is 2.28. The van der Waals surface area contributed by atoms with Gasteiger partial charge < -0.3 is 14.8 Å². The Hall–Kier alpha value is -7.50. The molecule has 0 spiro atoms. The van der Waals surface area contributed by atoms with Gasteiger partial charge >= 0.3 is 0 Å². The Morgan fingerprint density at radius 3 is 1.79 bits per heavy atom. The number of hydrogen-bond acceptors (Lipinski definition) is 4. The molecule has 9 aromatic rings. The number of fused-ring (bicyclic) bond motifs is 8. The lowest BCUT2D eigenvalue weighted by Gasteiger charge is -2.27. The van der Waals surface area contributed by atoms with Gasteiger partial charge in [-0.2, -0.15) is 0 Å². The molecule has 1 N–H and O–H groups in total. The molecule has 2 aliphatic heterocycles. The molecule has 0 aliphatic carbocycles. The Labute approximate surface area is 325 Å². The smallest absolute Gasteiger partial charge is 0.159 e. The van der Waals surface area contributed by atoms with Gasteiger partial charge in [-0.1, -0.05) is 152 Å². The highest BCUT2D eigenvalue weighted by atomic mass is 15.2. The minimum absolute atomic E-state index is 0.305. The van der Waals surface area contributed by atoms with Crippen molar-refractivity contribution in [1.29, 1.82) is 0 Å². The van der Waals surface area contributed by atoms with Crippen LogP contribution in [-0.2, 0) is 0 Å². The van der Waals surface area contributed by atoms with Gasteiger partial charge in [0.2, 0.25) is 0 Å². The molecular weight excluding hydrogens is 683 g/mol. The zero-order chi connectivity index (χ0) is 37.0. The van der Waals surface area contributed by atoms with Crippen molar-refractivity contribution in [3.05, 3.63) is 217 Å². The first-order valence-electron chi connectivity index (χ1n) is 19.0. The third-order valence-electron chi connectivity index (χ3n) is 11.0. The number of nitrogens with one attached hydrogen (secondary N) is 1. The maximum atomic E-state index is 5.13. The number of para-hydroxylation sites is 3. The van der Waals surface area contributed by atoms with E-state index >= 15 is 0 Å². The fourth-order valence-corrected chi connectivity index (χ4v) is 8.40.